The van der Waals surface area contributed by atoms with E-state index in [0.29, 0.717) is 6.07 Å². The second-order valence-corrected chi connectivity index (χ2v) is 4.34. The predicted octanol–water partition coefficient (Wildman–Crippen LogP) is 2.68. The van der Waals surface area contributed by atoms with Gasteiger partial charge in [0.15, 0.2) is 5.84 Å². The van der Waals surface area contributed by atoms with Gasteiger partial charge in [-0.3, -0.25) is 4.79 Å². The zero-order valence-corrected chi connectivity index (χ0v) is 11.0. The first kappa shape index (κ1) is 16.1. The zero-order valence-electron chi connectivity index (χ0n) is 10.2. The van der Waals surface area contributed by atoms with Gasteiger partial charge < -0.3 is 16.3 Å². The average molecular weight is 310 g/mol. The molecule has 0 saturated heterocycles. The number of nitrogens with zero attached hydrogens (tertiary/aromatic N) is 1. The van der Waals surface area contributed by atoms with E-state index in [4.69, 9.17) is 22.5 Å². The van der Waals surface area contributed by atoms with Crippen LogP contribution in [0.5, 0.6) is 0 Å². The van der Waals surface area contributed by atoms with Crippen LogP contribution in [0.2, 0.25) is 5.02 Å². The van der Waals surface area contributed by atoms with Gasteiger partial charge in [-0.1, -0.05) is 16.8 Å². The molecule has 0 spiro atoms. The third-order valence-electron chi connectivity index (χ3n) is 2.51. The van der Waals surface area contributed by atoms with Crippen LogP contribution in [0.4, 0.5) is 18.9 Å². The van der Waals surface area contributed by atoms with E-state index in [-0.39, 0.29) is 16.5 Å². The van der Waals surface area contributed by atoms with Crippen LogP contribution in [0.25, 0.3) is 0 Å². The van der Waals surface area contributed by atoms with Crippen molar-refractivity contribution in [2.24, 2.45) is 16.8 Å². The van der Waals surface area contributed by atoms with Gasteiger partial charge in [0.1, 0.15) is 0 Å². The van der Waals surface area contributed by atoms with Crippen LogP contribution in [-0.2, 0) is 11.0 Å². The van der Waals surface area contributed by atoms with Crippen LogP contribution in [0.3, 0.4) is 0 Å². The second kappa shape index (κ2) is 6.00. The van der Waals surface area contributed by atoms with Gasteiger partial charge in [0.2, 0.25) is 5.91 Å². The molecule has 1 amide bonds. The van der Waals surface area contributed by atoms with Crippen LogP contribution < -0.4 is 11.1 Å². The quantitative estimate of drug-likeness (QED) is 0.347. The van der Waals surface area contributed by atoms with Crippen molar-refractivity contribution in [3.05, 3.63) is 28.8 Å². The van der Waals surface area contributed by atoms with Crippen LogP contribution >= 0.6 is 11.6 Å². The first-order chi connectivity index (χ1) is 9.16. The molecule has 9 heteroatoms. The highest BCUT2D eigenvalue weighted by Gasteiger charge is 2.31. The molecule has 0 aliphatic rings. The van der Waals surface area contributed by atoms with Crippen LogP contribution in [0.15, 0.2) is 23.4 Å². The Labute approximate surface area is 117 Å². The summed E-state index contributed by atoms with van der Waals surface area (Å²) in [5, 5.41) is 13.1. The van der Waals surface area contributed by atoms with Gasteiger partial charge in [0.05, 0.1) is 22.2 Å². The van der Waals surface area contributed by atoms with E-state index >= 15 is 0 Å². The number of amides is 1. The minimum atomic E-state index is -4.52. The van der Waals surface area contributed by atoms with Crippen molar-refractivity contribution in [3.8, 4) is 0 Å². The van der Waals surface area contributed by atoms with Crippen LogP contribution in [0, 0.1) is 5.92 Å². The lowest BCUT2D eigenvalue weighted by molar-refractivity contribution is -0.137. The Hall–Kier alpha value is -1.96. The molecule has 1 aromatic carbocycles. The summed E-state index contributed by atoms with van der Waals surface area (Å²) < 4.78 is 37.3. The Balaban J connectivity index is 2.92. The standard InChI is InChI=1S/C11H11ClF3N3O2/c1-5(9(16)18-20)10(19)17-8-3-2-6(4-7(8)12)11(13,14)15/h2-5,20H,1H3,(H2,16,18)(H,17,19). The maximum absolute atomic E-state index is 12.4. The largest absolute Gasteiger partial charge is 0.416 e. The number of carbonyl (C=O) groups excluding carboxylic acids is 1. The van der Waals surface area contributed by atoms with E-state index in [2.05, 4.69) is 10.5 Å². The summed E-state index contributed by atoms with van der Waals surface area (Å²) in [7, 11) is 0. The predicted molar refractivity (Wildman–Crippen MR) is 67.7 cm³/mol. The minimum Gasteiger partial charge on any atom is -0.409 e. The number of carbonyl (C=O) groups is 1. The molecule has 4 N–H and O–H groups in total. The summed E-state index contributed by atoms with van der Waals surface area (Å²) in [4.78, 5) is 11.7. The molecule has 1 aromatic rings. The fraction of sp³-hybridized carbons (Fsp3) is 0.273. The first-order valence-corrected chi connectivity index (χ1v) is 5.69. The summed E-state index contributed by atoms with van der Waals surface area (Å²) in [5.74, 6) is -1.95. The number of nitrogens with two attached hydrogens (primary N) is 1. The van der Waals surface area contributed by atoms with Crippen molar-refractivity contribution in [3.63, 3.8) is 0 Å². The molecule has 1 rings (SSSR count). The summed E-state index contributed by atoms with van der Waals surface area (Å²) in [6.07, 6.45) is -4.52. The number of anilines is 1. The smallest absolute Gasteiger partial charge is 0.409 e. The highest BCUT2D eigenvalue weighted by molar-refractivity contribution is 6.34. The normalized spacial score (nSPS) is 13.9. The molecule has 110 valence electrons. The number of nitrogens with one attached hydrogen (secondary N) is 1. The number of oxime groups is 1. The molecule has 0 saturated carbocycles. The third-order valence-corrected chi connectivity index (χ3v) is 2.82. The SMILES string of the molecule is CC(C(=O)Nc1ccc(C(F)(F)F)cc1Cl)C(N)=NO. The number of alkyl halides is 3. The molecule has 1 atom stereocenters. The number of hydrogen-bond donors (Lipinski definition) is 3. The Morgan fingerprint density at radius 2 is 2.10 bits per heavy atom. The summed E-state index contributed by atoms with van der Waals surface area (Å²) in [6, 6.07) is 2.52. The lowest BCUT2D eigenvalue weighted by Gasteiger charge is -2.13. The van der Waals surface area contributed by atoms with Crippen molar-refractivity contribution in [2.45, 2.75) is 13.1 Å². The molecule has 0 heterocycles. The van der Waals surface area contributed by atoms with Gasteiger partial charge >= 0.3 is 6.18 Å². The summed E-state index contributed by atoms with van der Waals surface area (Å²) in [5.41, 5.74) is 4.32. The van der Waals surface area contributed by atoms with Gasteiger partial charge in [-0.25, -0.2) is 0 Å². The van der Waals surface area contributed by atoms with Crippen LogP contribution in [0.1, 0.15) is 12.5 Å². The highest BCUT2D eigenvalue weighted by atomic mass is 35.5. The lowest BCUT2D eigenvalue weighted by atomic mass is 10.1. The second-order valence-electron chi connectivity index (χ2n) is 3.93. The Bertz CT molecular complexity index is 546. The number of amidine groups is 1. The molecule has 0 aromatic heterocycles. The Morgan fingerprint density at radius 1 is 1.50 bits per heavy atom. The van der Waals surface area contributed by atoms with E-state index < -0.39 is 23.6 Å². The summed E-state index contributed by atoms with van der Waals surface area (Å²) in [6.45, 7) is 1.36. The van der Waals surface area contributed by atoms with E-state index in [1.807, 2.05) is 0 Å². The molecule has 0 aliphatic carbocycles. The maximum Gasteiger partial charge on any atom is 0.416 e. The summed E-state index contributed by atoms with van der Waals surface area (Å²) >= 11 is 5.67. The number of halogens is 4. The van der Waals surface area contributed by atoms with Gasteiger partial charge in [0.25, 0.3) is 0 Å². The maximum atomic E-state index is 12.4. The highest BCUT2D eigenvalue weighted by Crippen LogP contribution is 2.33. The minimum absolute atomic E-state index is 0.00209. The van der Waals surface area contributed by atoms with Gasteiger partial charge in [-0.15, -0.1) is 0 Å². The number of benzene rings is 1. The molecular weight excluding hydrogens is 299 g/mol. The molecule has 0 bridgehead atoms. The Kier molecular flexibility index (Phi) is 4.83. The molecule has 5 nitrogen and oxygen atoms in total. The van der Waals surface area contributed by atoms with E-state index in [1.165, 1.54) is 6.92 Å². The number of hydrogen-bond acceptors (Lipinski definition) is 3. The fourth-order valence-electron chi connectivity index (χ4n) is 1.25. The van der Waals surface area contributed by atoms with Crippen molar-refractivity contribution in [1.82, 2.24) is 0 Å². The van der Waals surface area contributed by atoms with E-state index in [1.54, 1.807) is 0 Å². The lowest BCUT2D eigenvalue weighted by Crippen LogP contribution is -2.32. The van der Waals surface area contributed by atoms with Gasteiger partial charge in [0, 0.05) is 0 Å². The Morgan fingerprint density at radius 3 is 2.55 bits per heavy atom. The van der Waals surface area contributed by atoms with E-state index in [0.717, 1.165) is 12.1 Å². The molecule has 0 aliphatic heterocycles. The first-order valence-electron chi connectivity index (χ1n) is 5.32. The topological polar surface area (TPSA) is 87.7 Å². The van der Waals surface area contributed by atoms with Crippen molar-refractivity contribution in [2.75, 3.05) is 5.32 Å². The average Bonchev–Trinajstić information content (AvgIpc) is 2.37. The zero-order chi connectivity index (χ0) is 15.5. The molecule has 0 radical (unpaired) electrons. The molecule has 20 heavy (non-hydrogen) atoms. The third kappa shape index (κ3) is 3.77. The molecule has 0 fully saturated rings. The number of rotatable bonds is 3. The monoisotopic (exact) mass is 309 g/mol. The van der Waals surface area contributed by atoms with Crippen molar-refractivity contribution in [1.29, 1.82) is 0 Å². The van der Waals surface area contributed by atoms with Crippen LogP contribution in [-0.4, -0.2) is 17.0 Å². The van der Waals surface area contributed by atoms with Gasteiger partial charge in [-0.2, -0.15) is 13.2 Å². The van der Waals surface area contributed by atoms with Crippen molar-refractivity contribution >= 4 is 29.0 Å². The van der Waals surface area contributed by atoms with E-state index in [9.17, 15) is 18.0 Å². The molecular formula is C11H11ClF3N3O2. The molecule has 1 unspecified atom stereocenters. The van der Waals surface area contributed by atoms with Gasteiger partial charge in [-0.05, 0) is 25.1 Å². The van der Waals surface area contributed by atoms with Crippen molar-refractivity contribution < 1.29 is 23.2 Å². The fourth-order valence-corrected chi connectivity index (χ4v) is 1.48.